The molecule has 2 nitrogen and oxygen atoms in total. The van der Waals surface area contributed by atoms with Crippen molar-refractivity contribution in [3.05, 3.63) is 0 Å². The van der Waals surface area contributed by atoms with Crippen LogP contribution in [0.3, 0.4) is 0 Å². The Morgan fingerprint density at radius 1 is 1.25 bits per heavy atom. The van der Waals surface area contributed by atoms with Crippen molar-refractivity contribution in [2.75, 3.05) is 13.7 Å². The number of rotatable bonds is 4. The lowest BCUT2D eigenvalue weighted by Gasteiger charge is -2.23. The first kappa shape index (κ1) is 10.0. The van der Waals surface area contributed by atoms with Gasteiger partial charge < -0.3 is 9.47 Å². The Kier molecular flexibility index (Phi) is 4.62. The Balaban J connectivity index is 2.05. The summed E-state index contributed by atoms with van der Waals surface area (Å²) in [5, 5.41) is 0. The van der Waals surface area contributed by atoms with Crippen LogP contribution < -0.4 is 0 Å². The first-order valence-electron chi connectivity index (χ1n) is 4.97. The van der Waals surface area contributed by atoms with Crippen molar-refractivity contribution in [2.24, 2.45) is 0 Å². The Bertz CT molecular complexity index is 108. The summed E-state index contributed by atoms with van der Waals surface area (Å²) in [5.41, 5.74) is 0. The molecule has 72 valence electrons. The molecule has 0 heterocycles. The van der Waals surface area contributed by atoms with Crippen LogP contribution in [0.1, 0.15) is 39.0 Å². The SMILES string of the molecule is COC(C)COC1CCCCC1. The van der Waals surface area contributed by atoms with Gasteiger partial charge in [-0.3, -0.25) is 0 Å². The Morgan fingerprint density at radius 3 is 2.50 bits per heavy atom. The van der Waals surface area contributed by atoms with E-state index in [1.807, 2.05) is 6.92 Å². The van der Waals surface area contributed by atoms with E-state index in [9.17, 15) is 0 Å². The van der Waals surface area contributed by atoms with E-state index in [-0.39, 0.29) is 6.10 Å². The number of hydrogen-bond acceptors (Lipinski definition) is 2. The van der Waals surface area contributed by atoms with Crippen molar-refractivity contribution >= 4 is 0 Å². The fraction of sp³-hybridized carbons (Fsp3) is 1.00. The molecule has 2 heteroatoms. The molecule has 1 rings (SSSR count). The predicted molar refractivity (Wildman–Crippen MR) is 49.3 cm³/mol. The van der Waals surface area contributed by atoms with Gasteiger partial charge in [-0.1, -0.05) is 19.3 Å². The van der Waals surface area contributed by atoms with Crippen LogP contribution in [0.15, 0.2) is 0 Å². The van der Waals surface area contributed by atoms with Crippen molar-refractivity contribution in [2.45, 2.75) is 51.2 Å². The maximum Gasteiger partial charge on any atom is 0.0776 e. The largest absolute Gasteiger partial charge is 0.379 e. The second-order valence-electron chi connectivity index (χ2n) is 3.64. The summed E-state index contributed by atoms with van der Waals surface area (Å²) < 4.78 is 10.8. The molecule has 0 aliphatic heterocycles. The van der Waals surface area contributed by atoms with Crippen molar-refractivity contribution in [1.29, 1.82) is 0 Å². The molecular weight excluding hydrogens is 152 g/mol. The van der Waals surface area contributed by atoms with E-state index in [2.05, 4.69) is 0 Å². The quantitative estimate of drug-likeness (QED) is 0.648. The Labute approximate surface area is 75.2 Å². The number of ether oxygens (including phenoxy) is 2. The maximum absolute atomic E-state index is 5.71. The minimum absolute atomic E-state index is 0.243. The van der Waals surface area contributed by atoms with E-state index in [0.29, 0.717) is 6.10 Å². The van der Waals surface area contributed by atoms with Crippen LogP contribution in [-0.2, 0) is 9.47 Å². The highest BCUT2D eigenvalue weighted by molar-refractivity contribution is 4.65. The molecule has 0 aromatic heterocycles. The van der Waals surface area contributed by atoms with Crippen molar-refractivity contribution in [3.8, 4) is 0 Å². The van der Waals surface area contributed by atoms with E-state index in [0.717, 1.165) is 6.61 Å². The van der Waals surface area contributed by atoms with Crippen LogP contribution in [0, 0.1) is 0 Å². The van der Waals surface area contributed by atoms with Gasteiger partial charge in [0, 0.05) is 7.11 Å². The summed E-state index contributed by atoms with van der Waals surface area (Å²) in [4.78, 5) is 0. The smallest absolute Gasteiger partial charge is 0.0776 e. The highest BCUT2D eigenvalue weighted by Crippen LogP contribution is 2.20. The Morgan fingerprint density at radius 2 is 1.92 bits per heavy atom. The molecule has 1 fully saturated rings. The van der Waals surface area contributed by atoms with Crippen LogP contribution in [-0.4, -0.2) is 25.9 Å². The van der Waals surface area contributed by atoms with E-state index >= 15 is 0 Å². The van der Waals surface area contributed by atoms with E-state index in [1.54, 1.807) is 7.11 Å². The minimum Gasteiger partial charge on any atom is -0.379 e. The highest BCUT2D eigenvalue weighted by atomic mass is 16.5. The summed E-state index contributed by atoms with van der Waals surface area (Å²) in [6.07, 6.45) is 7.31. The van der Waals surface area contributed by atoms with Gasteiger partial charge in [0.05, 0.1) is 18.8 Å². The van der Waals surface area contributed by atoms with Crippen molar-refractivity contribution in [3.63, 3.8) is 0 Å². The lowest BCUT2D eigenvalue weighted by atomic mass is 9.98. The average Bonchev–Trinajstić information content (AvgIpc) is 2.16. The summed E-state index contributed by atoms with van der Waals surface area (Å²) in [6.45, 7) is 2.80. The van der Waals surface area contributed by atoms with Crippen molar-refractivity contribution in [1.82, 2.24) is 0 Å². The van der Waals surface area contributed by atoms with Gasteiger partial charge in [0.2, 0.25) is 0 Å². The second kappa shape index (κ2) is 5.55. The lowest BCUT2D eigenvalue weighted by Crippen LogP contribution is -2.22. The molecule has 0 amide bonds. The van der Waals surface area contributed by atoms with E-state index < -0.39 is 0 Å². The third kappa shape index (κ3) is 3.55. The number of hydrogen-bond donors (Lipinski definition) is 0. The van der Waals surface area contributed by atoms with Crippen LogP contribution in [0.4, 0.5) is 0 Å². The topological polar surface area (TPSA) is 18.5 Å². The zero-order valence-corrected chi connectivity index (χ0v) is 8.21. The third-order valence-corrected chi connectivity index (χ3v) is 2.52. The molecular formula is C10H20O2. The zero-order valence-electron chi connectivity index (χ0n) is 8.21. The van der Waals surface area contributed by atoms with Gasteiger partial charge in [0.25, 0.3) is 0 Å². The summed E-state index contributed by atoms with van der Waals surface area (Å²) in [5.74, 6) is 0. The van der Waals surface area contributed by atoms with E-state index in [4.69, 9.17) is 9.47 Å². The monoisotopic (exact) mass is 172 g/mol. The van der Waals surface area contributed by atoms with Gasteiger partial charge in [0.1, 0.15) is 0 Å². The minimum atomic E-state index is 0.243. The number of methoxy groups -OCH3 is 1. The molecule has 0 radical (unpaired) electrons. The maximum atomic E-state index is 5.71. The van der Waals surface area contributed by atoms with E-state index in [1.165, 1.54) is 32.1 Å². The molecule has 1 aliphatic rings. The molecule has 0 aromatic carbocycles. The first-order chi connectivity index (χ1) is 5.83. The Hall–Kier alpha value is -0.0800. The second-order valence-corrected chi connectivity index (χ2v) is 3.64. The summed E-state index contributed by atoms with van der Waals surface area (Å²) >= 11 is 0. The summed E-state index contributed by atoms with van der Waals surface area (Å²) in [6, 6.07) is 0. The van der Waals surface area contributed by atoms with Crippen LogP contribution in [0.25, 0.3) is 0 Å². The molecule has 0 N–H and O–H groups in total. The normalized spacial score (nSPS) is 22.5. The molecule has 1 aliphatic carbocycles. The molecule has 0 aromatic rings. The summed E-state index contributed by atoms with van der Waals surface area (Å²) in [7, 11) is 1.73. The molecule has 0 saturated heterocycles. The highest BCUT2D eigenvalue weighted by Gasteiger charge is 2.14. The molecule has 1 unspecified atom stereocenters. The molecule has 0 spiro atoms. The molecule has 1 saturated carbocycles. The van der Waals surface area contributed by atoms with Gasteiger partial charge in [0.15, 0.2) is 0 Å². The zero-order chi connectivity index (χ0) is 8.81. The standard InChI is InChI=1S/C10H20O2/c1-9(11-2)8-12-10-6-4-3-5-7-10/h9-10H,3-8H2,1-2H3. The lowest BCUT2D eigenvalue weighted by molar-refractivity contribution is -0.0320. The molecule has 0 bridgehead atoms. The van der Waals surface area contributed by atoms with Crippen molar-refractivity contribution < 1.29 is 9.47 Å². The molecule has 12 heavy (non-hydrogen) atoms. The fourth-order valence-electron chi connectivity index (χ4n) is 1.57. The van der Waals surface area contributed by atoms with Crippen LogP contribution in [0.5, 0.6) is 0 Å². The van der Waals surface area contributed by atoms with Crippen LogP contribution >= 0.6 is 0 Å². The average molecular weight is 172 g/mol. The first-order valence-corrected chi connectivity index (χ1v) is 4.97. The van der Waals surface area contributed by atoms with Gasteiger partial charge in [-0.25, -0.2) is 0 Å². The van der Waals surface area contributed by atoms with Gasteiger partial charge >= 0.3 is 0 Å². The van der Waals surface area contributed by atoms with Crippen LogP contribution in [0.2, 0.25) is 0 Å². The predicted octanol–water partition coefficient (Wildman–Crippen LogP) is 2.37. The van der Waals surface area contributed by atoms with Gasteiger partial charge in [-0.05, 0) is 19.8 Å². The van der Waals surface area contributed by atoms with Gasteiger partial charge in [-0.15, -0.1) is 0 Å². The fourth-order valence-corrected chi connectivity index (χ4v) is 1.57. The molecule has 1 atom stereocenters. The van der Waals surface area contributed by atoms with Gasteiger partial charge in [-0.2, -0.15) is 0 Å². The third-order valence-electron chi connectivity index (χ3n) is 2.52.